The number of pyridine rings is 1. The molecule has 0 radical (unpaired) electrons. The summed E-state index contributed by atoms with van der Waals surface area (Å²) in [5, 5.41) is 12.8. The second-order valence-corrected chi connectivity index (χ2v) is 19.3. The van der Waals surface area contributed by atoms with Crippen molar-refractivity contribution in [3.8, 4) is 0 Å². The van der Waals surface area contributed by atoms with Gasteiger partial charge in [-0.1, -0.05) is 87.9 Å². The fourth-order valence-corrected chi connectivity index (χ4v) is 11.5. The number of fused-ring (bicyclic) bond motifs is 1. The fourth-order valence-electron chi connectivity index (χ4n) is 6.91. The van der Waals surface area contributed by atoms with E-state index in [-0.39, 0.29) is 18.2 Å². The van der Waals surface area contributed by atoms with Crippen LogP contribution in [0.25, 0.3) is 0 Å². The van der Waals surface area contributed by atoms with Crippen molar-refractivity contribution >= 4 is 36.7 Å². The Bertz CT molecular complexity index is 1660. The second-order valence-electron chi connectivity index (χ2n) is 15.0. The number of carbonyl (C=O) groups excluding carboxylic acids is 2. The van der Waals surface area contributed by atoms with Crippen LogP contribution in [0.2, 0.25) is 5.04 Å². The molecule has 2 amide bonds. The van der Waals surface area contributed by atoms with Gasteiger partial charge in [-0.15, -0.1) is 0 Å². The van der Waals surface area contributed by atoms with Gasteiger partial charge in [-0.2, -0.15) is 0 Å². The molecule has 14 nitrogen and oxygen atoms in total. The standard InChI is InChI=1S/C43H63N5O9Si/c1-34-38(32-35-14-8-5-13-19-39(35)47-34)40(49)48(41(44)45)33-56-42(50)46-20-21-51-22-23-52-24-25-53-26-27-54-28-29-55-30-31-57-58(43(2,3)4,36-15-9-6-10-16-36)37-17-11-7-12-18-37/h6-7,9-12,15-18,32H,5,8,13-14,19-31,33H2,1-4H3,(H3,44,45)(H,46,50). The van der Waals surface area contributed by atoms with Crippen LogP contribution in [0.15, 0.2) is 66.7 Å². The van der Waals surface area contributed by atoms with Crippen molar-refractivity contribution in [1.82, 2.24) is 15.2 Å². The molecule has 1 heterocycles. The van der Waals surface area contributed by atoms with Crippen molar-refractivity contribution in [2.24, 2.45) is 5.73 Å². The van der Waals surface area contributed by atoms with E-state index in [0.29, 0.717) is 77.3 Å². The van der Waals surface area contributed by atoms with Crippen LogP contribution < -0.4 is 21.4 Å². The van der Waals surface area contributed by atoms with E-state index < -0.39 is 33.0 Å². The smallest absolute Gasteiger partial charge is 0.408 e. The van der Waals surface area contributed by atoms with Crippen LogP contribution >= 0.6 is 0 Å². The zero-order chi connectivity index (χ0) is 41.6. The molecular formula is C43H63N5O9Si. The largest absolute Gasteiger partial charge is 0.428 e. The number of hydrogen-bond donors (Lipinski definition) is 3. The minimum absolute atomic E-state index is 0.0791. The summed E-state index contributed by atoms with van der Waals surface area (Å²) < 4.78 is 40.1. The molecule has 0 aliphatic heterocycles. The maximum absolute atomic E-state index is 13.2. The highest BCUT2D eigenvalue weighted by Gasteiger charge is 2.50. The first-order valence-corrected chi connectivity index (χ1v) is 22.1. The number of nitrogens with zero attached hydrogens (tertiary/aromatic N) is 2. The van der Waals surface area contributed by atoms with E-state index in [1.165, 1.54) is 10.4 Å². The zero-order valence-corrected chi connectivity index (χ0v) is 35.7. The Kier molecular flexibility index (Phi) is 19.7. The number of hydrogen-bond acceptors (Lipinski definition) is 11. The van der Waals surface area contributed by atoms with Crippen LogP contribution in [0, 0.1) is 12.3 Å². The molecular weight excluding hydrogens is 759 g/mol. The van der Waals surface area contributed by atoms with Gasteiger partial charge in [0.25, 0.3) is 14.2 Å². The maximum Gasteiger partial charge on any atom is 0.408 e. The number of benzene rings is 2. The summed E-state index contributed by atoms with van der Waals surface area (Å²) in [5.41, 5.74) is 8.63. The second kappa shape index (κ2) is 24.6. The first-order chi connectivity index (χ1) is 28.0. The highest BCUT2D eigenvalue weighted by molar-refractivity contribution is 6.99. The topological polar surface area (TPSA) is 177 Å². The van der Waals surface area contributed by atoms with E-state index in [9.17, 15) is 9.59 Å². The van der Waals surface area contributed by atoms with Crippen molar-refractivity contribution in [3.05, 3.63) is 89.2 Å². The lowest BCUT2D eigenvalue weighted by molar-refractivity contribution is -0.0127. The van der Waals surface area contributed by atoms with Crippen molar-refractivity contribution in [2.75, 3.05) is 86.0 Å². The summed E-state index contributed by atoms with van der Waals surface area (Å²) in [4.78, 5) is 31.0. The Balaban J connectivity index is 0.972. The number of ether oxygens (including phenoxy) is 6. The lowest BCUT2D eigenvalue weighted by Crippen LogP contribution is -2.66. The van der Waals surface area contributed by atoms with Crippen molar-refractivity contribution < 1.29 is 42.4 Å². The molecule has 1 aliphatic rings. The summed E-state index contributed by atoms with van der Waals surface area (Å²) in [6.45, 7) is 12.8. The van der Waals surface area contributed by atoms with Gasteiger partial charge in [0, 0.05) is 12.2 Å². The Morgan fingerprint density at radius 1 is 0.759 bits per heavy atom. The van der Waals surface area contributed by atoms with Crippen molar-refractivity contribution in [1.29, 1.82) is 5.41 Å². The normalized spacial score (nSPS) is 13.0. The van der Waals surface area contributed by atoms with Gasteiger partial charge in [0.05, 0.1) is 83.9 Å². The minimum atomic E-state index is -2.57. The molecule has 0 atom stereocenters. The molecule has 0 unspecified atom stereocenters. The summed E-state index contributed by atoms with van der Waals surface area (Å²) in [6.07, 6.45) is 4.20. The molecule has 3 aromatic rings. The Morgan fingerprint density at radius 3 is 1.78 bits per heavy atom. The first-order valence-electron chi connectivity index (χ1n) is 20.2. The summed E-state index contributed by atoms with van der Waals surface area (Å²) in [5.74, 6) is -1.06. The highest BCUT2D eigenvalue weighted by Crippen LogP contribution is 2.36. The maximum atomic E-state index is 13.2. The van der Waals surface area contributed by atoms with Crippen LogP contribution in [0.4, 0.5) is 4.79 Å². The predicted octanol–water partition coefficient (Wildman–Crippen LogP) is 4.34. The number of rotatable bonds is 24. The third-order valence-electron chi connectivity index (χ3n) is 9.80. The van der Waals surface area contributed by atoms with Gasteiger partial charge >= 0.3 is 6.09 Å². The highest BCUT2D eigenvalue weighted by atomic mass is 28.4. The van der Waals surface area contributed by atoms with Crippen LogP contribution in [0.5, 0.6) is 0 Å². The number of carbonyl (C=O) groups is 2. The molecule has 15 heteroatoms. The van der Waals surface area contributed by atoms with Crippen molar-refractivity contribution in [3.63, 3.8) is 0 Å². The first kappa shape index (κ1) is 46.5. The van der Waals surface area contributed by atoms with E-state index in [2.05, 4.69) is 79.6 Å². The number of guanidine groups is 1. The molecule has 2 aromatic carbocycles. The Labute approximate surface area is 344 Å². The number of aryl methyl sites for hydroxylation is 3. The minimum Gasteiger partial charge on any atom is -0.428 e. The lowest BCUT2D eigenvalue weighted by atomic mass is 10.0. The molecule has 1 aliphatic carbocycles. The van der Waals surface area contributed by atoms with E-state index in [1.54, 1.807) is 6.92 Å². The Morgan fingerprint density at radius 2 is 1.26 bits per heavy atom. The molecule has 4 N–H and O–H groups in total. The molecule has 0 bridgehead atoms. The average Bonchev–Trinajstić information content (AvgIpc) is 3.44. The third kappa shape index (κ3) is 14.3. The number of aromatic nitrogens is 1. The van der Waals surface area contributed by atoms with Gasteiger partial charge in [0.2, 0.25) is 0 Å². The number of nitrogens with one attached hydrogen (secondary N) is 2. The Hall–Kier alpha value is -4.22. The molecule has 0 saturated heterocycles. The van der Waals surface area contributed by atoms with Gasteiger partial charge in [-0.05, 0) is 59.6 Å². The van der Waals surface area contributed by atoms with Crippen LogP contribution in [-0.4, -0.2) is 122 Å². The van der Waals surface area contributed by atoms with E-state index in [1.807, 2.05) is 18.2 Å². The van der Waals surface area contributed by atoms with Crippen molar-refractivity contribution in [2.45, 2.75) is 64.8 Å². The molecule has 318 valence electrons. The molecule has 4 rings (SSSR count). The van der Waals surface area contributed by atoms with E-state index in [4.69, 9.17) is 44.0 Å². The molecule has 58 heavy (non-hydrogen) atoms. The number of alkyl carbamates (subject to hydrolysis) is 1. The van der Waals surface area contributed by atoms with E-state index in [0.717, 1.165) is 48.3 Å². The van der Waals surface area contributed by atoms with Gasteiger partial charge in [-0.25, -0.2) is 9.69 Å². The number of nitrogens with two attached hydrogens (primary N) is 1. The quantitative estimate of drug-likeness (QED) is 0.0293. The van der Waals surface area contributed by atoms with Gasteiger partial charge in [0.1, 0.15) is 0 Å². The molecule has 0 saturated carbocycles. The zero-order valence-electron chi connectivity index (χ0n) is 34.7. The fraction of sp³-hybridized carbons (Fsp3) is 0.535. The lowest BCUT2D eigenvalue weighted by Gasteiger charge is -2.43. The predicted molar refractivity (Wildman–Crippen MR) is 225 cm³/mol. The molecule has 0 spiro atoms. The van der Waals surface area contributed by atoms with Crippen LogP contribution in [-0.2, 0) is 45.7 Å². The van der Waals surface area contributed by atoms with Gasteiger partial charge in [0.15, 0.2) is 12.7 Å². The van der Waals surface area contributed by atoms with Gasteiger partial charge in [-0.3, -0.25) is 15.2 Å². The van der Waals surface area contributed by atoms with Crippen LogP contribution in [0.1, 0.15) is 67.3 Å². The summed E-state index contributed by atoms with van der Waals surface area (Å²) in [7, 11) is -2.57. The monoisotopic (exact) mass is 821 g/mol. The summed E-state index contributed by atoms with van der Waals surface area (Å²) >= 11 is 0. The molecule has 0 fully saturated rings. The SMILES string of the molecule is Cc1nc2c(cc1C(=O)N(COC(=O)NCCOCCOCCOCCOCCOCCO[Si](c1ccccc1)(c1ccccc1)C(C)(C)C)C(=N)N)CCCCC2. The van der Waals surface area contributed by atoms with Crippen LogP contribution in [0.3, 0.4) is 0 Å². The number of amides is 2. The third-order valence-corrected chi connectivity index (χ3v) is 14.8. The molecule has 1 aromatic heterocycles. The summed E-state index contributed by atoms with van der Waals surface area (Å²) in [6, 6.07) is 23.0. The van der Waals surface area contributed by atoms with Gasteiger partial charge < -0.3 is 43.9 Å². The van der Waals surface area contributed by atoms with E-state index >= 15 is 0 Å². The average molecular weight is 822 g/mol.